The van der Waals surface area contributed by atoms with Crippen LogP contribution >= 0.6 is 0 Å². The molecule has 0 radical (unpaired) electrons. The van der Waals surface area contributed by atoms with E-state index in [1.807, 2.05) is 0 Å². The number of nitrogens with zero attached hydrogens (tertiary/aromatic N) is 1. The van der Waals surface area contributed by atoms with Gasteiger partial charge in [0.1, 0.15) is 0 Å². The molecule has 1 atom stereocenters. The molecule has 1 heterocycles. The van der Waals surface area contributed by atoms with Crippen molar-refractivity contribution >= 4 is 33.4 Å². The van der Waals surface area contributed by atoms with Crippen LogP contribution in [0.1, 0.15) is 18.4 Å². The number of rotatable bonds is 5. The summed E-state index contributed by atoms with van der Waals surface area (Å²) in [5.41, 5.74) is -0.556. The minimum absolute atomic E-state index is 0.0106. The van der Waals surface area contributed by atoms with Crippen molar-refractivity contribution in [1.29, 1.82) is 0 Å². The Hall–Kier alpha value is -3.12. The van der Waals surface area contributed by atoms with Crippen LogP contribution in [0.4, 0.5) is 29.3 Å². The maximum Gasteiger partial charge on any atom is 0.416 e. The van der Waals surface area contributed by atoms with Crippen molar-refractivity contribution < 1.29 is 35.9 Å². The van der Waals surface area contributed by atoms with Crippen LogP contribution in [0.5, 0.6) is 0 Å². The molecule has 0 aromatic heterocycles. The molecule has 1 unspecified atom stereocenters. The number of nitrogens with one attached hydrogen (secondary N) is 2. The number of halogens is 3. The van der Waals surface area contributed by atoms with Crippen molar-refractivity contribution in [2.75, 3.05) is 30.8 Å². The molecule has 2 aromatic carbocycles. The highest BCUT2D eigenvalue weighted by molar-refractivity contribution is 7.89. The van der Waals surface area contributed by atoms with Crippen LogP contribution in [0.2, 0.25) is 0 Å². The minimum atomic E-state index is -4.54. The van der Waals surface area contributed by atoms with E-state index in [4.69, 9.17) is 0 Å². The smallest absolute Gasteiger partial charge is 0.416 e. The predicted octanol–water partition coefficient (Wildman–Crippen LogP) is 3.92. The predicted molar refractivity (Wildman–Crippen MR) is 114 cm³/mol. The third-order valence-corrected chi connectivity index (χ3v) is 7.02. The number of amides is 2. The number of sulfonamides is 1. The molecule has 0 spiro atoms. The number of alkyl halides is 3. The normalized spacial score (nSPS) is 17.3. The fraction of sp³-hybridized carbons (Fsp3) is 0.333. The Balaban J connectivity index is 1.69. The Morgan fingerprint density at radius 1 is 1.06 bits per heavy atom. The lowest BCUT2D eigenvalue weighted by Gasteiger charge is -2.31. The molecular formula is C21H22F3N3O5S. The molecule has 1 aliphatic heterocycles. The van der Waals surface area contributed by atoms with Crippen molar-refractivity contribution in [1.82, 2.24) is 4.31 Å². The van der Waals surface area contributed by atoms with Crippen LogP contribution in [0.15, 0.2) is 53.4 Å². The lowest BCUT2D eigenvalue weighted by atomic mass is 9.98. The third-order valence-electron chi connectivity index (χ3n) is 5.14. The molecule has 178 valence electrons. The summed E-state index contributed by atoms with van der Waals surface area (Å²) in [7, 11) is -2.72. The van der Waals surface area contributed by atoms with Crippen molar-refractivity contribution in [3.63, 3.8) is 0 Å². The molecule has 2 amide bonds. The lowest BCUT2D eigenvalue weighted by molar-refractivity contribution is -0.137. The molecular weight excluding hydrogens is 463 g/mol. The quantitative estimate of drug-likeness (QED) is 0.668. The maximum atomic E-state index is 13.0. The van der Waals surface area contributed by atoms with Crippen molar-refractivity contribution in [2.45, 2.75) is 23.9 Å². The summed E-state index contributed by atoms with van der Waals surface area (Å²) in [6.45, 7) is 0.104. The Kier molecular flexibility index (Phi) is 7.28. The topological polar surface area (TPSA) is 105 Å². The highest BCUT2D eigenvalue weighted by Gasteiger charge is 2.34. The molecule has 2 N–H and O–H groups in total. The number of carbonyl (C=O) groups is 2. The highest BCUT2D eigenvalue weighted by Crippen LogP contribution is 2.31. The fourth-order valence-electron chi connectivity index (χ4n) is 3.42. The summed E-state index contributed by atoms with van der Waals surface area (Å²) >= 11 is 0. The standard InChI is InChI=1S/C21H22F3N3O5S/c1-32-20(29)26-16-7-9-18(10-8-16)33(30,31)27-11-3-4-14(13-27)19(28)25-17-6-2-5-15(12-17)21(22,23)24/h2,5-10,12,14H,3-4,11,13H2,1H3,(H,25,28)(H,26,29). The van der Waals surface area contributed by atoms with Gasteiger partial charge in [0, 0.05) is 24.5 Å². The van der Waals surface area contributed by atoms with Gasteiger partial charge in [0.15, 0.2) is 0 Å². The van der Waals surface area contributed by atoms with Gasteiger partial charge in [0.05, 0.1) is 23.5 Å². The molecule has 3 rings (SSSR count). The fourth-order valence-corrected chi connectivity index (χ4v) is 4.94. The molecule has 1 aliphatic rings. The van der Waals surface area contributed by atoms with Crippen LogP contribution in [0.25, 0.3) is 0 Å². The summed E-state index contributed by atoms with van der Waals surface area (Å²) in [5.74, 6) is -1.27. The number of anilines is 2. The lowest BCUT2D eigenvalue weighted by Crippen LogP contribution is -2.43. The summed E-state index contributed by atoms with van der Waals surface area (Å²) in [4.78, 5) is 23.9. The van der Waals surface area contributed by atoms with Crippen LogP contribution in [0.3, 0.4) is 0 Å². The van der Waals surface area contributed by atoms with Gasteiger partial charge in [0.2, 0.25) is 15.9 Å². The van der Waals surface area contributed by atoms with Crippen molar-refractivity contribution in [3.05, 3.63) is 54.1 Å². The number of ether oxygens (including phenoxy) is 1. The van der Waals surface area contributed by atoms with Crippen molar-refractivity contribution in [2.24, 2.45) is 5.92 Å². The molecule has 1 fully saturated rings. The van der Waals surface area contributed by atoms with Crippen LogP contribution in [-0.2, 0) is 25.7 Å². The molecule has 0 aliphatic carbocycles. The Morgan fingerprint density at radius 3 is 2.39 bits per heavy atom. The van der Waals surface area contributed by atoms with Gasteiger partial charge in [-0.2, -0.15) is 17.5 Å². The maximum absolute atomic E-state index is 13.0. The SMILES string of the molecule is COC(=O)Nc1ccc(S(=O)(=O)N2CCCC(C(=O)Nc3cccc(C(F)(F)F)c3)C2)cc1. The number of hydrogen-bond donors (Lipinski definition) is 2. The molecule has 12 heteroatoms. The van der Waals surface area contributed by atoms with Gasteiger partial charge in [-0.1, -0.05) is 6.07 Å². The monoisotopic (exact) mass is 485 g/mol. The first-order valence-corrected chi connectivity index (χ1v) is 11.4. The van der Waals surface area contributed by atoms with E-state index in [2.05, 4.69) is 15.4 Å². The highest BCUT2D eigenvalue weighted by atomic mass is 32.2. The van der Waals surface area contributed by atoms with E-state index in [0.29, 0.717) is 18.5 Å². The second-order valence-electron chi connectivity index (χ2n) is 7.41. The molecule has 1 saturated heterocycles. The van der Waals surface area contributed by atoms with Crippen LogP contribution in [-0.4, -0.2) is 44.9 Å². The average Bonchev–Trinajstić information content (AvgIpc) is 2.79. The van der Waals surface area contributed by atoms with E-state index >= 15 is 0 Å². The molecule has 0 bridgehead atoms. The summed E-state index contributed by atoms with van der Waals surface area (Å²) in [6, 6.07) is 9.73. The minimum Gasteiger partial charge on any atom is -0.453 e. The summed E-state index contributed by atoms with van der Waals surface area (Å²) in [5, 5.41) is 4.87. The summed E-state index contributed by atoms with van der Waals surface area (Å²) < 4.78 is 70.4. The van der Waals surface area contributed by atoms with E-state index < -0.39 is 39.7 Å². The van der Waals surface area contributed by atoms with E-state index in [0.717, 1.165) is 12.1 Å². The Labute approximate surface area is 188 Å². The van der Waals surface area contributed by atoms with Gasteiger partial charge in [-0.05, 0) is 55.3 Å². The first kappa shape index (κ1) is 24.5. The van der Waals surface area contributed by atoms with E-state index in [-0.39, 0.29) is 23.7 Å². The van der Waals surface area contributed by atoms with Gasteiger partial charge in [-0.15, -0.1) is 0 Å². The van der Waals surface area contributed by atoms with Gasteiger partial charge in [0.25, 0.3) is 0 Å². The average molecular weight is 485 g/mol. The van der Waals surface area contributed by atoms with Crippen molar-refractivity contribution in [3.8, 4) is 0 Å². The second-order valence-corrected chi connectivity index (χ2v) is 9.35. The van der Waals surface area contributed by atoms with E-state index in [1.54, 1.807) is 0 Å². The third kappa shape index (κ3) is 6.02. The van der Waals surface area contributed by atoms with Gasteiger partial charge < -0.3 is 10.1 Å². The van der Waals surface area contributed by atoms with Gasteiger partial charge in [-0.3, -0.25) is 10.1 Å². The largest absolute Gasteiger partial charge is 0.453 e. The first-order chi connectivity index (χ1) is 15.5. The zero-order chi connectivity index (χ0) is 24.2. The number of methoxy groups -OCH3 is 1. The molecule has 8 nitrogen and oxygen atoms in total. The van der Waals surface area contributed by atoms with Crippen LogP contribution < -0.4 is 10.6 Å². The second kappa shape index (κ2) is 9.79. The number of piperidine rings is 1. The Morgan fingerprint density at radius 2 is 1.76 bits per heavy atom. The van der Waals surface area contributed by atoms with Gasteiger partial charge >= 0.3 is 12.3 Å². The molecule has 0 saturated carbocycles. The Bertz CT molecular complexity index is 1120. The number of benzene rings is 2. The van der Waals surface area contributed by atoms with E-state index in [1.165, 1.54) is 47.8 Å². The zero-order valence-electron chi connectivity index (χ0n) is 17.6. The first-order valence-electron chi connectivity index (χ1n) is 9.94. The molecule has 33 heavy (non-hydrogen) atoms. The zero-order valence-corrected chi connectivity index (χ0v) is 18.4. The van der Waals surface area contributed by atoms with E-state index in [9.17, 15) is 31.2 Å². The summed E-state index contributed by atoms with van der Waals surface area (Å²) in [6.07, 6.45) is -4.42. The molecule has 2 aromatic rings. The number of carbonyl (C=O) groups excluding carboxylic acids is 2. The number of hydrogen-bond acceptors (Lipinski definition) is 5. The van der Waals surface area contributed by atoms with Crippen LogP contribution in [0, 0.1) is 5.92 Å². The van der Waals surface area contributed by atoms with Gasteiger partial charge in [-0.25, -0.2) is 13.2 Å².